The highest BCUT2D eigenvalue weighted by Gasteiger charge is 2.13. The molecule has 2 aromatic heterocycles. The van der Waals surface area contributed by atoms with Gasteiger partial charge in [0, 0.05) is 12.7 Å². The van der Waals surface area contributed by atoms with Gasteiger partial charge in [-0.05, 0) is 24.0 Å². The van der Waals surface area contributed by atoms with Crippen molar-refractivity contribution in [3.8, 4) is 0 Å². The largest absolute Gasteiger partial charge is 0.369 e. The second kappa shape index (κ2) is 3.77. The molecular formula is C12H18N4. The van der Waals surface area contributed by atoms with Gasteiger partial charge in [0.15, 0.2) is 5.65 Å². The third kappa shape index (κ3) is 2.15. The first-order valence-electron chi connectivity index (χ1n) is 5.54. The summed E-state index contributed by atoms with van der Waals surface area (Å²) in [6, 6.07) is 3.81. The number of nitrogens with two attached hydrogens (primary N) is 1. The minimum Gasteiger partial charge on any atom is -0.369 e. The Balaban J connectivity index is 2.33. The molecule has 0 saturated heterocycles. The zero-order valence-corrected chi connectivity index (χ0v) is 10.1. The maximum Gasteiger partial charge on any atom is 0.202 e. The number of pyridine rings is 1. The lowest BCUT2D eigenvalue weighted by molar-refractivity contribution is 0.353. The van der Waals surface area contributed by atoms with Gasteiger partial charge in [-0.1, -0.05) is 20.8 Å². The van der Waals surface area contributed by atoms with Gasteiger partial charge >= 0.3 is 0 Å². The van der Waals surface area contributed by atoms with Crippen molar-refractivity contribution in [3.63, 3.8) is 0 Å². The first-order chi connectivity index (χ1) is 7.47. The van der Waals surface area contributed by atoms with Crippen LogP contribution in [0.5, 0.6) is 0 Å². The Morgan fingerprint density at radius 2 is 2.12 bits per heavy atom. The second-order valence-corrected chi connectivity index (χ2v) is 5.28. The van der Waals surface area contributed by atoms with Crippen LogP contribution >= 0.6 is 0 Å². The number of aromatic nitrogens is 3. The van der Waals surface area contributed by atoms with E-state index in [2.05, 4.69) is 30.7 Å². The number of aryl methyl sites for hydroxylation is 1. The van der Waals surface area contributed by atoms with Crippen LogP contribution in [0.3, 0.4) is 0 Å². The molecule has 4 nitrogen and oxygen atoms in total. The molecule has 0 aromatic carbocycles. The minimum absolute atomic E-state index is 0.289. The molecule has 0 amide bonds. The van der Waals surface area contributed by atoms with Crippen LogP contribution in [0.2, 0.25) is 0 Å². The standard InChI is InChI=1S/C12H18N4/c1-12(2,3)6-8-16-10-9(15-11(16)13)5-4-7-14-10/h4-5,7H,6,8H2,1-3H3,(H2,13,15). The molecule has 0 saturated carbocycles. The predicted octanol–water partition coefficient (Wildman–Crippen LogP) is 2.45. The number of rotatable bonds is 2. The maximum atomic E-state index is 5.89. The van der Waals surface area contributed by atoms with E-state index in [1.807, 2.05) is 16.7 Å². The molecule has 0 radical (unpaired) electrons. The van der Waals surface area contributed by atoms with Crippen molar-refractivity contribution in [3.05, 3.63) is 18.3 Å². The molecule has 0 bridgehead atoms. The van der Waals surface area contributed by atoms with E-state index in [4.69, 9.17) is 5.73 Å². The van der Waals surface area contributed by atoms with Gasteiger partial charge < -0.3 is 5.73 Å². The number of hydrogen-bond donors (Lipinski definition) is 1. The fourth-order valence-corrected chi connectivity index (χ4v) is 1.64. The molecule has 0 unspecified atom stereocenters. The Morgan fingerprint density at radius 1 is 1.38 bits per heavy atom. The average Bonchev–Trinajstić information content (AvgIpc) is 2.49. The summed E-state index contributed by atoms with van der Waals surface area (Å²) >= 11 is 0. The topological polar surface area (TPSA) is 56.7 Å². The molecule has 0 spiro atoms. The first kappa shape index (κ1) is 10.9. The lowest BCUT2D eigenvalue weighted by atomic mass is 9.92. The molecule has 2 aromatic rings. The van der Waals surface area contributed by atoms with Gasteiger partial charge in [-0.3, -0.25) is 4.57 Å². The van der Waals surface area contributed by atoms with Crippen molar-refractivity contribution in [2.75, 3.05) is 5.73 Å². The van der Waals surface area contributed by atoms with E-state index < -0.39 is 0 Å². The van der Waals surface area contributed by atoms with Crippen molar-refractivity contribution in [2.24, 2.45) is 5.41 Å². The summed E-state index contributed by atoms with van der Waals surface area (Å²) in [6.45, 7) is 7.52. The van der Waals surface area contributed by atoms with Crippen LogP contribution in [0.1, 0.15) is 27.2 Å². The van der Waals surface area contributed by atoms with Gasteiger partial charge in [0.05, 0.1) is 0 Å². The Hall–Kier alpha value is -1.58. The van der Waals surface area contributed by atoms with Gasteiger partial charge in [0.25, 0.3) is 0 Å². The number of imidazole rings is 1. The summed E-state index contributed by atoms with van der Waals surface area (Å²) < 4.78 is 1.99. The number of fused-ring (bicyclic) bond motifs is 1. The smallest absolute Gasteiger partial charge is 0.202 e. The SMILES string of the molecule is CC(C)(C)CCn1c(N)nc2cccnc21. The van der Waals surface area contributed by atoms with Gasteiger partial charge in [-0.15, -0.1) is 0 Å². The molecular weight excluding hydrogens is 200 g/mol. The Morgan fingerprint density at radius 3 is 2.81 bits per heavy atom. The number of nitrogen functional groups attached to an aromatic ring is 1. The van der Waals surface area contributed by atoms with E-state index in [1.54, 1.807) is 6.20 Å². The summed E-state index contributed by atoms with van der Waals surface area (Å²) in [5.41, 5.74) is 7.93. The van der Waals surface area contributed by atoms with E-state index in [9.17, 15) is 0 Å². The fourth-order valence-electron chi connectivity index (χ4n) is 1.64. The molecule has 0 aliphatic rings. The summed E-state index contributed by atoms with van der Waals surface area (Å²) in [6.07, 6.45) is 2.83. The Labute approximate surface area is 95.5 Å². The van der Waals surface area contributed by atoms with E-state index in [1.165, 1.54) is 0 Å². The van der Waals surface area contributed by atoms with Crippen LogP contribution in [-0.2, 0) is 6.54 Å². The predicted molar refractivity (Wildman–Crippen MR) is 66.0 cm³/mol. The molecule has 0 atom stereocenters. The van der Waals surface area contributed by atoms with E-state index >= 15 is 0 Å². The monoisotopic (exact) mass is 218 g/mol. The highest BCUT2D eigenvalue weighted by Crippen LogP contribution is 2.22. The molecule has 0 aliphatic carbocycles. The van der Waals surface area contributed by atoms with Crippen LogP contribution in [0, 0.1) is 5.41 Å². The number of hydrogen-bond acceptors (Lipinski definition) is 3. The van der Waals surface area contributed by atoms with Crippen LogP contribution in [0.15, 0.2) is 18.3 Å². The van der Waals surface area contributed by atoms with Gasteiger partial charge in [-0.2, -0.15) is 0 Å². The lowest BCUT2D eigenvalue weighted by Gasteiger charge is -2.18. The van der Waals surface area contributed by atoms with E-state index in [-0.39, 0.29) is 5.41 Å². The van der Waals surface area contributed by atoms with Crippen molar-refractivity contribution in [2.45, 2.75) is 33.7 Å². The third-order valence-corrected chi connectivity index (χ3v) is 2.62. The van der Waals surface area contributed by atoms with Gasteiger partial charge in [-0.25, -0.2) is 9.97 Å². The third-order valence-electron chi connectivity index (χ3n) is 2.62. The quantitative estimate of drug-likeness (QED) is 0.842. The summed E-state index contributed by atoms with van der Waals surface area (Å²) in [5, 5.41) is 0. The normalized spacial score (nSPS) is 12.2. The molecule has 86 valence electrons. The number of anilines is 1. The molecule has 4 heteroatoms. The maximum absolute atomic E-state index is 5.89. The van der Waals surface area contributed by atoms with Crippen molar-refractivity contribution >= 4 is 17.1 Å². The van der Waals surface area contributed by atoms with Crippen LogP contribution in [-0.4, -0.2) is 14.5 Å². The van der Waals surface area contributed by atoms with Crippen molar-refractivity contribution in [1.29, 1.82) is 0 Å². The minimum atomic E-state index is 0.289. The Bertz CT molecular complexity index is 493. The first-order valence-corrected chi connectivity index (χ1v) is 5.54. The number of nitrogens with zero attached hydrogens (tertiary/aromatic N) is 3. The van der Waals surface area contributed by atoms with Crippen molar-refractivity contribution < 1.29 is 0 Å². The molecule has 2 heterocycles. The fraction of sp³-hybridized carbons (Fsp3) is 0.500. The van der Waals surface area contributed by atoms with Crippen molar-refractivity contribution in [1.82, 2.24) is 14.5 Å². The zero-order valence-electron chi connectivity index (χ0n) is 10.1. The average molecular weight is 218 g/mol. The van der Waals surface area contributed by atoms with Crippen LogP contribution < -0.4 is 5.73 Å². The summed E-state index contributed by atoms with van der Waals surface area (Å²) in [5.74, 6) is 0.554. The summed E-state index contributed by atoms with van der Waals surface area (Å²) in [7, 11) is 0. The zero-order chi connectivity index (χ0) is 11.8. The molecule has 0 fully saturated rings. The van der Waals surface area contributed by atoms with E-state index in [0.717, 1.165) is 24.1 Å². The van der Waals surface area contributed by atoms with E-state index in [0.29, 0.717) is 5.95 Å². The van der Waals surface area contributed by atoms with Gasteiger partial charge in [0.1, 0.15) is 5.52 Å². The highest BCUT2D eigenvalue weighted by molar-refractivity contribution is 5.73. The van der Waals surface area contributed by atoms with Crippen LogP contribution in [0.4, 0.5) is 5.95 Å². The summed E-state index contributed by atoms with van der Waals surface area (Å²) in [4.78, 5) is 8.62. The molecule has 2 N–H and O–H groups in total. The second-order valence-electron chi connectivity index (χ2n) is 5.28. The lowest BCUT2D eigenvalue weighted by Crippen LogP contribution is -2.12. The van der Waals surface area contributed by atoms with Crippen LogP contribution in [0.25, 0.3) is 11.2 Å². The molecule has 0 aliphatic heterocycles. The Kier molecular flexibility index (Phi) is 2.58. The molecule has 16 heavy (non-hydrogen) atoms. The van der Waals surface area contributed by atoms with Gasteiger partial charge in [0.2, 0.25) is 5.95 Å². The highest BCUT2D eigenvalue weighted by atomic mass is 15.2. The molecule has 2 rings (SSSR count).